The van der Waals surface area contributed by atoms with Gasteiger partial charge in [0.2, 0.25) is 5.88 Å². The maximum absolute atomic E-state index is 12.7. The number of carbonyl (C=O) groups excluding carboxylic acids is 1. The number of amides is 1. The van der Waals surface area contributed by atoms with Crippen LogP contribution in [0.4, 0.5) is 0 Å². The molecule has 1 aliphatic carbocycles. The van der Waals surface area contributed by atoms with E-state index in [4.69, 9.17) is 14.2 Å². The molecule has 1 amide bonds. The topological polar surface area (TPSA) is 69.7 Å². The van der Waals surface area contributed by atoms with Crippen LogP contribution in [0.25, 0.3) is 0 Å². The van der Waals surface area contributed by atoms with Gasteiger partial charge in [0.05, 0.1) is 26.4 Å². The maximum Gasteiger partial charge on any atom is 0.252 e. The van der Waals surface area contributed by atoms with Crippen molar-refractivity contribution in [3.05, 3.63) is 53.2 Å². The van der Waals surface area contributed by atoms with Gasteiger partial charge in [-0.15, -0.1) is 0 Å². The highest BCUT2D eigenvalue weighted by Crippen LogP contribution is 2.36. The lowest BCUT2D eigenvalue weighted by Gasteiger charge is -2.16. The molecule has 2 aliphatic rings. The third-order valence-electron chi connectivity index (χ3n) is 4.93. The standard InChI is InChI=1S/C20H22N2O4/c1-24-18-4-2-3-15-16(18)5-6-17(15)22-20(23)13-7-9-21-19(11-13)26-14-8-10-25-12-14/h2-4,7,9,11,14,17H,5-6,8,10,12H2,1H3,(H,22,23). The number of carbonyl (C=O) groups is 1. The summed E-state index contributed by atoms with van der Waals surface area (Å²) in [5, 5.41) is 3.12. The fourth-order valence-corrected chi connectivity index (χ4v) is 3.60. The van der Waals surface area contributed by atoms with Gasteiger partial charge in [0, 0.05) is 24.2 Å². The van der Waals surface area contributed by atoms with Crippen molar-refractivity contribution in [2.24, 2.45) is 0 Å². The van der Waals surface area contributed by atoms with E-state index in [0.717, 1.165) is 30.6 Å². The van der Waals surface area contributed by atoms with Gasteiger partial charge >= 0.3 is 0 Å². The number of pyridine rings is 1. The van der Waals surface area contributed by atoms with Crippen LogP contribution in [-0.4, -0.2) is 37.3 Å². The smallest absolute Gasteiger partial charge is 0.252 e. The van der Waals surface area contributed by atoms with Gasteiger partial charge < -0.3 is 19.5 Å². The fraction of sp³-hybridized carbons (Fsp3) is 0.400. The Morgan fingerprint density at radius 1 is 1.31 bits per heavy atom. The van der Waals surface area contributed by atoms with E-state index in [0.29, 0.717) is 24.7 Å². The van der Waals surface area contributed by atoms with Crippen LogP contribution in [-0.2, 0) is 11.2 Å². The van der Waals surface area contributed by atoms with Crippen LogP contribution >= 0.6 is 0 Å². The molecule has 0 radical (unpaired) electrons. The van der Waals surface area contributed by atoms with Gasteiger partial charge in [-0.1, -0.05) is 12.1 Å². The van der Waals surface area contributed by atoms with Crippen molar-refractivity contribution in [1.82, 2.24) is 10.3 Å². The van der Waals surface area contributed by atoms with Crippen molar-refractivity contribution in [3.8, 4) is 11.6 Å². The first kappa shape index (κ1) is 16.8. The number of methoxy groups -OCH3 is 1. The molecule has 1 fully saturated rings. The highest BCUT2D eigenvalue weighted by molar-refractivity contribution is 5.94. The highest BCUT2D eigenvalue weighted by Gasteiger charge is 2.27. The second kappa shape index (κ2) is 7.33. The minimum atomic E-state index is -0.124. The predicted octanol–water partition coefficient (Wildman–Crippen LogP) is 2.68. The monoisotopic (exact) mass is 354 g/mol. The molecule has 136 valence electrons. The summed E-state index contributed by atoms with van der Waals surface area (Å²) in [5.74, 6) is 1.22. The first-order valence-corrected chi connectivity index (χ1v) is 8.91. The van der Waals surface area contributed by atoms with Gasteiger partial charge in [0.15, 0.2) is 0 Å². The highest BCUT2D eigenvalue weighted by atomic mass is 16.5. The molecule has 2 heterocycles. The van der Waals surface area contributed by atoms with E-state index >= 15 is 0 Å². The summed E-state index contributed by atoms with van der Waals surface area (Å²) in [5.41, 5.74) is 2.86. The Balaban J connectivity index is 1.46. The summed E-state index contributed by atoms with van der Waals surface area (Å²) in [6.45, 7) is 1.27. The van der Waals surface area contributed by atoms with Crippen molar-refractivity contribution in [3.63, 3.8) is 0 Å². The van der Waals surface area contributed by atoms with Crippen molar-refractivity contribution >= 4 is 5.91 Å². The Morgan fingerprint density at radius 2 is 2.23 bits per heavy atom. The van der Waals surface area contributed by atoms with Crippen molar-refractivity contribution in [1.29, 1.82) is 0 Å². The molecule has 6 heteroatoms. The quantitative estimate of drug-likeness (QED) is 0.894. The van der Waals surface area contributed by atoms with Gasteiger partial charge in [-0.25, -0.2) is 4.98 Å². The van der Waals surface area contributed by atoms with Gasteiger partial charge in [-0.05, 0) is 36.1 Å². The molecule has 26 heavy (non-hydrogen) atoms. The molecule has 1 saturated heterocycles. The zero-order chi connectivity index (χ0) is 17.9. The summed E-state index contributed by atoms with van der Waals surface area (Å²) in [6, 6.07) is 9.36. The molecule has 0 bridgehead atoms. The van der Waals surface area contributed by atoms with E-state index < -0.39 is 0 Å². The summed E-state index contributed by atoms with van der Waals surface area (Å²) in [7, 11) is 1.68. The number of aromatic nitrogens is 1. The van der Waals surface area contributed by atoms with Crippen molar-refractivity contribution < 1.29 is 19.0 Å². The van der Waals surface area contributed by atoms with Crippen molar-refractivity contribution in [2.75, 3.05) is 20.3 Å². The van der Waals surface area contributed by atoms with Crippen LogP contribution in [0.3, 0.4) is 0 Å². The summed E-state index contributed by atoms with van der Waals surface area (Å²) >= 11 is 0. The normalized spacial score (nSPS) is 21.3. The van der Waals surface area contributed by atoms with Crippen LogP contribution in [0.5, 0.6) is 11.6 Å². The van der Waals surface area contributed by atoms with E-state index in [9.17, 15) is 4.79 Å². The Labute approximate surface area is 152 Å². The number of ether oxygens (including phenoxy) is 3. The largest absolute Gasteiger partial charge is 0.496 e. The molecule has 2 atom stereocenters. The van der Waals surface area contributed by atoms with Crippen LogP contribution in [0.1, 0.15) is 40.4 Å². The molecular weight excluding hydrogens is 332 g/mol. The third kappa shape index (κ3) is 3.37. The molecule has 0 saturated carbocycles. The molecule has 6 nitrogen and oxygen atoms in total. The molecule has 4 rings (SSSR count). The fourth-order valence-electron chi connectivity index (χ4n) is 3.60. The van der Waals surface area contributed by atoms with Crippen LogP contribution in [0.2, 0.25) is 0 Å². The zero-order valence-corrected chi connectivity index (χ0v) is 14.7. The number of nitrogens with zero attached hydrogens (tertiary/aromatic N) is 1. The third-order valence-corrected chi connectivity index (χ3v) is 4.93. The maximum atomic E-state index is 12.7. The second-order valence-electron chi connectivity index (χ2n) is 6.58. The average molecular weight is 354 g/mol. The Kier molecular flexibility index (Phi) is 4.75. The van der Waals surface area contributed by atoms with Gasteiger partial charge in [-0.3, -0.25) is 4.79 Å². The van der Waals surface area contributed by atoms with E-state index in [1.165, 1.54) is 5.56 Å². The molecule has 1 aromatic carbocycles. The number of fused-ring (bicyclic) bond motifs is 1. The van der Waals surface area contributed by atoms with Gasteiger partial charge in [-0.2, -0.15) is 0 Å². The van der Waals surface area contributed by atoms with Crippen LogP contribution in [0, 0.1) is 0 Å². The minimum absolute atomic E-state index is 0.00614. The lowest BCUT2D eigenvalue weighted by atomic mass is 10.1. The number of rotatable bonds is 5. The van der Waals surface area contributed by atoms with E-state index in [-0.39, 0.29) is 18.1 Å². The van der Waals surface area contributed by atoms with E-state index in [2.05, 4.69) is 16.4 Å². The molecule has 1 N–H and O–H groups in total. The predicted molar refractivity (Wildman–Crippen MR) is 95.6 cm³/mol. The Hall–Kier alpha value is -2.60. The summed E-state index contributed by atoms with van der Waals surface area (Å²) < 4.78 is 16.5. The van der Waals surface area contributed by atoms with Crippen LogP contribution < -0.4 is 14.8 Å². The first-order valence-electron chi connectivity index (χ1n) is 8.91. The number of hydrogen-bond acceptors (Lipinski definition) is 5. The molecule has 2 unspecified atom stereocenters. The van der Waals surface area contributed by atoms with Crippen LogP contribution in [0.15, 0.2) is 36.5 Å². The van der Waals surface area contributed by atoms with E-state index in [1.807, 2.05) is 12.1 Å². The molecule has 1 aliphatic heterocycles. The SMILES string of the molecule is COc1cccc2c1CCC2NC(=O)c1ccnc(OC2CCOC2)c1. The zero-order valence-electron chi connectivity index (χ0n) is 14.7. The molecular formula is C20H22N2O4. The number of nitrogens with one attached hydrogen (secondary N) is 1. The molecule has 0 spiro atoms. The second-order valence-corrected chi connectivity index (χ2v) is 6.58. The first-order chi connectivity index (χ1) is 12.7. The number of hydrogen-bond donors (Lipinski definition) is 1. The minimum Gasteiger partial charge on any atom is -0.496 e. The Bertz CT molecular complexity index is 802. The van der Waals surface area contributed by atoms with Gasteiger partial charge in [0.1, 0.15) is 11.9 Å². The lowest BCUT2D eigenvalue weighted by molar-refractivity contribution is 0.0935. The summed E-state index contributed by atoms with van der Waals surface area (Å²) in [4.78, 5) is 16.9. The Morgan fingerprint density at radius 3 is 3.04 bits per heavy atom. The average Bonchev–Trinajstić information content (AvgIpc) is 3.32. The van der Waals surface area contributed by atoms with Crippen molar-refractivity contribution in [2.45, 2.75) is 31.4 Å². The molecule has 1 aromatic heterocycles. The van der Waals surface area contributed by atoms with Gasteiger partial charge in [0.25, 0.3) is 5.91 Å². The van der Waals surface area contributed by atoms with E-state index in [1.54, 1.807) is 25.4 Å². The lowest BCUT2D eigenvalue weighted by Crippen LogP contribution is -2.27. The summed E-state index contributed by atoms with van der Waals surface area (Å²) in [6.07, 6.45) is 4.23. The molecule has 2 aromatic rings. The number of benzene rings is 1.